The second kappa shape index (κ2) is 5.41. The molecular formula is C15H19N3S. The van der Waals surface area contributed by atoms with Gasteiger partial charge in [0.15, 0.2) is 0 Å². The van der Waals surface area contributed by atoms with Crippen LogP contribution in [0.15, 0.2) is 30.5 Å². The summed E-state index contributed by atoms with van der Waals surface area (Å²) < 4.78 is 0. The van der Waals surface area contributed by atoms with Crippen molar-refractivity contribution in [3.8, 4) is 0 Å². The Morgan fingerprint density at radius 1 is 1.42 bits per heavy atom. The van der Waals surface area contributed by atoms with Crippen LogP contribution >= 0.6 is 11.3 Å². The summed E-state index contributed by atoms with van der Waals surface area (Å²) in [5.74, 6) is 6.50. The standard InChI is InChI=1S/C15H19N3S/c1-10-17-9-14(19-10)15(18-16)13-7-3-6-12(8-13)11-4-2-5-11/h3,6-9,11,15,18H,2,4-5,16H2,1H3. The third-order valence-electron chi connectivity index (χ3n) is 3.91. The quantitative estimate of drug-likeness (QED) is 0.664. The van der Waals surface area contributed by atoms with Crippen LogP contribution in [-0.2, 0) is 0 Å². The average Bonchev–Trinajstić information content (AvgIpc) is 2.75. The number of hydrogen-bond acceptors (Lipinski definition) is 4. The normalized spacial score (nSPS) is 17.2. The molecule has 2 aromatic rings. The van der Waals surface area contributed by atoms with E-state index in [0.717, 1.165) is 10.9 Å². The van der Waals surface area contributed by atoms with Crippen molar-refractivity contribution in [3.05, 3.63) is 51.5 Å². The minimum absolute atomic E-state index is 0.0474. The molecule has 1 aromatic carbocycles. The van der Waals surface area contributed by atoms with Gasteiger partial charge in [0.05, 0.1) is 11.0 Å². The molecule has 0 saturated heterocycles. The topological polar surface area (TPSA) is 50.9 Å². The average molecular weight is 273 g/mol. The Balaban J connectivity index is 1.90. The van der Waals surface area contributed by atoms with E-state index in [1.807, 2.05) is 13.1 Å². The number of nitrogens with zero attached hydrogens (tertiary/aromatic N) is 1. The maximum atomic E-state index is 5.75. The van der Waals surface area contributed by atoms with Crippen LogP contribution in [0, 0.1) is 6.92 Å². The molecule has 100 valence electrons. The van der Waals surface area contributed by atoms with Gasteiger partial charge in [-0.05, 0) is 36.8 Å². The molecule has 0 amide bonds. The third kappa shape index (κ3) is 2.56. The fourth-order valence-electron chi connectivity index (χ4n) is 2.59. The molecule has 0 spiro atoms. The smallest absolute Gasteiger partial charge is 0.0897 e. The number of rotatable bonds is 4. The molecule has 1 unspecified atom stereocenters. The molecule has 4 heteroatoms. The van der Waals surface area contributed by atoms with Crippen LogP contribution in [0.1, 0.15) is 52.2 Å². The van der Waals surface area contributed by atoms with Gasteiger partial charge in [-0.1, -0.05) is 30.7 Å². The van der Waals surface area contributed by atoms with Gasteiger partial charge in [0.2, 0.25) is 0 Å². The molecule has 3 N–H and O–H groups in total. The van der Waals surface area contributed by atoms with E-state index in [0.29, 0.717) is 0 Å². The van der Waals surface area contributed by atoms with Crippen LogP contribution < -0.4 is 11.3 Å². The van der Waals surface area contributed by atoms with Gasteiger partial charge in [-0.3, -0.25) is 5.84 Å². The lowest BCUT2D eigenvalue weighted by molar-refractivity contribution is 0.419. The highest BCUT2D eigenvalue weighted by atomic mass is 32.1. The Bertz CT molecular complexity index is 560. The number of nitrogens with one attached hydrogen (secondary N) is 1. The van der Waals surface area contributed by atoms with E-state index in [2.05, 4.69) is 34.7 Å². The summed E-state index contributed by atoms with van der Waals surface area (Å²) in [6, 6.07) is 8.86. The van der Waals surface area contributed by atoms with E-state index in [9.17, 15) is 0 Å². The van der Waals surface area contributed by atoms with Gasteiger partial charge in [-0.15, -0.1) is 11.3 Å². The molecule has 1 atom stereocenters. The number of hydrazine groups is 1. The molecule has 1 aliphatic carbocycles. The maximum Gasteiger partial charge on any atom is 0.0897 e. The number of nitrogens with two attached hydrogens (primary N) is 1. The zero-order valence-corrected chi connectivity index (χ0v) is 11.9. The molecule has 1 fully saturated rings. The predicted octanol–water partition coefficient (Wildman–Crippen LogP) is 3.27. The highest BCUT2D eigenvalue weighted by molar-refractivity contribution is 7.11. The second-order valence-corrected chi connectivity index (χ2v) is 6.45. The van der Waals surface area contributed by atoms with E-state index in [-0.39, 0.29) is 6.04 Å². The summed E-state index contributed by atoms with van der Waals surface area (Å²) in [7, 11) is 0. The highest BCUT2D eigenvalue weighted by Gasteiger charge is 2.21. The number of aromatic nitrogens is 1. The van der Waals surface area contributed by atoms with E-state index < -0.39 is 0 Å². The Morgan fingerprint density at radius 2 is 2.26 bits per heavy atom. The van der Waals surface area contributed by atoms with E-state index in [1.54, 1.807) is 11.3 Å². The molecule has 1 aliphatic rings. The van der Waals surface area contributed by atoms with E-state index in [1.165, 1.54) is 35.3 Å². The summed E-state index contributed by atoms with van der Waals surface area (Å²) in [4.78, 5) is 5.49. The van der Waals surface area contributed by atoms with E-state index in [4.69, 9.17) is 5.84 Å². The molecule has 1 saturated carbocycles. The van der Waals surface area contributed by atoms with Gasteiger partial charge in [0.1, 0.15) is 0 Å². The maximum absolute atomic E-state index is 5.75. The minimum Gasteiger partial charge on any atom is -0.271 e. The van der Waals surface area contributed by atoms with Crippen molar-refractivity contribution in [1.82, 2.24) is 10.4 Å². The summed E-state index contributed by atoms with van der Waals surface area (Å²) in [5, 5.41) is 1.07. The molecule has 0 aliphatic heterocycles. The Morgan fingerprint density at radius 3 is 2.84 bits per heavy atom. The monoisotopic (exact) mass is 273 g/mol. The zero-order chi connectivity index (χ0) is 13.2. The number of aryl methyl sites for hydroxylation is 1. The molecular weight excluding hydrogens is 254 g/mol. The lowest BCUT2D eigenvalue weighted by Gasteiger charge is -2.27. The Labute approximate surface area is 117 Å². The van der Waals surface area contributed by atoms with Gasteiger partial charge < -0.3 is 0 Å². The van der Waals surface area contributed by atoms with Crippen molar-refractivity contribution in [1.29, 1.82) is 0 Å². The van der Waals surface area contributed by atoms with Gasteiger partial charge in [-0.25, -0.2) is 10.4 Å². The molecule has 0 radical (unpaired) electrons. The second-order valence-electron chi connectivity index (χ2n) is 5.18. The van der Waals surface area contributed by atoms with Gasteiger partial charge in [0, 0.05) is 11.1 Å². The van der Waals surface area contributed by atoms with Crippen molar-refractivity contribution >= 4 is 11.3 Å². The van der Waals surface area contributed by atoms with Crippen molar-refractivity contribution in [2.45, 2.75) is 38.1 Å². The van der Waals surface area contributed by atoms with Crippen LogP contribution in [-0.4, -0.2) is 4.98 Å². The first-order chi connectivity index (χ1) is 9.28. The molecule has 1 aromatic heterocycles. The van der Waals surface area contributed by atoms with Crippen LogP contribution in [0.2, 0.25) is 0 Å². The lowest BCUT2D eigenvalue weighted by atomic mass is 9.79. The number of benzene rings is 1. The summed E-state index contributed by atoms with van der Waals surface area (Å²) in [6.07, 6.45) is 5.93. The largest absolute Gasteiger partial charge is 0.271 e. The zero-order valence-electron chi connectivity index (χ0n) is 11.1. The van der Waals surface area contributed by atoms with Gasteiger partial charge in [-0.2, -0.15) is 0 Å². The first kappa shape index (κ1) is 12.8. The minimum atomic E-state index is 0.0474. The summed E-state index contributed by atoms with van der Waals surface area (Å²) >= 11 is 1.70. The van der Waals surface area contributed by atoms with Gasteiger partial charge in [0.25, 0.3) is 0 Å². The SMILES string of the molecule is Cc1ncc(C(NN)c2cccc(C3CCC3)c2)s1. The molecule has 0 bridgehead atoms. The van der Waals surface area contributed by atoms with Crippen LogP contribution in [0.3, 0.4) is 0 Å². The van der Waals surface area contributed by atoms with Crippen LogP contribution in [0.5, 0.6) is 0 Å². The van der Waals surface area contributed by atoms with Crippen molar-refractivity contribution in [2.75, 3.05) is 0 Å². The van der Waals surface area contributed by atoms with E-state index >= 15 is 0 Å². The van der Waals surface area contributed by atoms with Crippen molar-refractivity contribution in [2.24, 2.45) is 5.84 Å². The summed E-state index contributed by atoms with van der Waals surface area (Å²) in [5.41, 5.74) is 5.60. The first-order valence-electron chi connectivity index (χ1n) is 6.76. The highest BCUT2D eigenvalue weighted by Crippen LogP contribution is 2.37. The molecule has 3 nitrogen and oxygen atoms in total. The first-order valence-corrected chi connectivity index (χ1v) is 7.58. The number of thiazole rings is 1. The fraction of sp³-hybridized carbons (Fsp3) is 0.400. The van der Waals surface area contributed by atoms with Gasteiger partial charge >= 0.3 is 0 Å². The summed E-state index contributed by atoms with van der Waals surface area (Å²) in [6.45, 7) is 2.02. The molecule has 3 rings (SSSR count). The third-order valence-corrected chi connectivity index (χ3v) is 4.89. The fourth-order valence-corrected chi connectivity index (χ4v) is 3.46. The Hall–Kier alpha value is -1.23. The van der Waals surface area contributed by atoms with Crippen LogP contribution in [0.4, 0.5) is 0 Å². The Kier molecular flexibility index (Phi) is 3.64. The van der Waals surface area contributed by atoms with Crippen molar-refractivity contribution in [3.63, 3.8) is 0 Å². The lowest BCUT2D eigenvalue weighted by Crippen LogP contribution is -2.28. The van der Waals surface area contributed by atoms with Crippen LogP contribution in [0.25, 0.3) is 0 Å². The predicted molar refractivity (Wildman–Crippen MR) is 79.1 cm³/mol. The molecule has 19 heavy (non-hydrogen) atoms. The molecule has 1 heterocycles. The number of hydrogen-bond donors (Lipinski definition) is 2. The van der Waals surface area contributed by atoms with Crippen molar-refractivity contribution < 1.29 is 0 Å².